The Balaban J connectivity index is 2.41. The first-order valence-electron chi connectivity index (χ1n) is 5.18. The molecule has 0 amide bonds. The van der Waals surface area contributed by atoms with Crippen LogP contribution in [0.15, 0.2) is 33.3 Å². The Morgan fingerprint density at radius 2 is 1.89 bits per heavy atom. The minimum atomic E-state index is -1.07. The van der Waals surface area contributed by atoms with Gasteiger partial charge >= 0.3 is 0 Å². The van der Waals surface area contributed by atoms with E-state index in [1.807, 2.05) is 0 Å². The highest BCUT2D eigenvalue weighted by Crippen LogP contribution is 2.30. The van der Waals surface area contributed by atoms with E-state index in [1.54, 1.807) is 6.07 Å². The normalized spacial score (nSPS) is 10.6. The lowest BCUT2D eigenvalue weighted by Gasteiger charge is -2.10. The van der Waals surface area contributed by atoms with Gasteiger partial charge in [0.1, 0.15) is 0 Å². The first-order chi connectivity index (χ1) is 9.01. The van der Waals surface area contributed by atoms with Crippen molar-refractivity contribution in [3.05, 3.63) is 50.5 Å². The molecule has 100 valence electrons. The van der Waals surface area contributed by atoms with Crippen molar-refractivity contribution in [1.29, 1.82) is 0 Å². The summed E-state index contributed by atoms with van der Waals surface area (Å²) in [5.74, 6) is -2.19. The topological polar surface area (TPSA) is 48.1 Å². The molecule has 2 rings (SSSR count). The Labute approximate surface area is 125 Å². The van der Waals surface area contributed by atoms with Gasteiger partial charge in [-0.3, -0.25) is 0 Å². The third-order valence-corrected chi connectivity index (χ3v) is 3.17. The van der Waals surface area contributed by atoms with Gasteiger partial charge in [0.2, 0.25) is 11.7 Å². The number of rotatable bonds is 3. The number of hydrogen-bond acceptors (Lipinski definition) is 3. The van der Waals surface area contributed by atoms with Crippen LogP contribution in [0.2, 0.25) is 0 Å². The maximum absolute atomic E-state index is 13.6. The molecule has 0 aliphatic carbocycles. The monoisotopic (exact) mass is 392 g/mol. The van der Waals surface area contributed by atoms with Gasteiger partial charge in [-0.2, -0.15) is 4.39 Å². The quantitative estimate of drug-likeness (QED) is 0.797. The van der Waals surface area contributed by atoms with Gasteiger partial charge in [-0.1, -0.05) is 15.9 Å². The molecule has 2 aromatic rings. The predicted octanol–water partition coefficient (Wildman–Crippen LogP) is 4.14. The summed E-state index contributed by atoms with van der Waals surface area (Å²) in [6.07, 6.45) is 1.49. The minimum absolute atomic E-state index is 0.141. The Morgan fingerprint density at radius 3 is 2.58 bits per heavy atom. The van der Waals surface area contributed by atoms with E-state index in [9.17, 15) is 8.78 Å². The molecule has 0 atom stereocenters. The molecule has 3 nitrogen and oxygen atoms in total. The van der Waals surface area contributed by atoms with Crippen LogP contribution in [0, 0.1) is 11.6 Å². The fraction of sp³-hybridized carbons (Fsp3) is 0.0833. The van der Waals surface area contributed by atoms with Gasteiger partial charge in [0.05, 0.1) is 0 Å². The standard InChI is InChI=1S/C12H8Br2F2N2O/c13-7-2-9(15)11(16)10(3-7)19-12-6(4-17)1-8(14)5-18-12/h1-3,5H,4,17H2. The summed E-state index contributed by atoms with van der Waals surface area (Å²) in [4.78, 5) is 3.99. The summed E-state index contributed by atoms with van der Waals surface area (Å²) in [5.41, 5.74) is 6.13. The number of benzene rings is 1. The first kappa shape index (κ1) is 14.4. The first-order valence-corrected chi connectivity index (χ1v) is 6.76. The molecule has 2 N–H and O–H groups in total. The van der Waals surface area contributed by atoms with Crippen molar-refractivity contribution < 1.29 is 13.5 Å². The maximum atomic E-state index is 13.6. The lowest BCUT2D eigenvalue weighted by Crippen LogP contribution is -2.02. The molecule has 0 unspecified atom stereocenters. The van der Waals surface area contributed by atoms with Gasteiger partial charge in [0.25, 0.3) is 0 Å². The van der Waals surface area contributed by atoms with E-state index in [2.05, 4.69) is 36.8 Å². The van der Waals surface area contributed by atoms with Gasteiger partial charge in [-0.05, 0) is 34.1 Å². The van der Waals surface area contributed by atoms with Gasteiger partial charge in [0.15, 0.2) is 11.6 Å². The molecule has 0 spiro atoms. The smallest absolute Gasteiger partial charge is 0.223 e. The number of nitrogens with zero attached hydrogens (tertiary/aromatic N) is 1. The van der Waals surface area contributed by atoms with Gasteiger partial charge in [-0.25, -0.2) is 9.37 Å². The molecule has 0 saturated heterocycles. The van der Waals surface area contributed by atoms with Gasteiger partial charge in [-0.15, -0.1) is 0 Å². The fourth-order valence-corrected chi connectivity index (χ4v) is 2.21. The minimum Gasteiger partial charge on any atom is -0.435 e. The van der Waals surface area contributed by atoms with E-state index in [1.165, 1.54) is 12.3 Å². The summed E-state index contributed by atoms with van der Waals surface area (Å²) >= 11 is 6.31. The van der Waals surface area contributed by atoms with E-state index >= 15 is 0 Å². The molecular formula is C12H8Br2F2N2O. The number of hydrogen-bond donors (Lipinski definition) is 1. The molecule has 0 fully saturated rings. The van der Waals surface area contributed by atoms with E-state index < -0.39 is 11.6 Å². The number of aromatic nitrogens is 1. The van der Waals surface area contributed by atoms with E-state index in [4.69, 9.17) is 10.5 Å². The second-order valence-corrected chi connectivity index (χ2v) is 5.46. The second kappa shape index (κ2) is 5.94. The Kier molecular flexibility index (Phi) is 4.49. The molecule has 0 radical (unpaired) electrons. The Bertz CT molecular complexity index is 623. The van der Waals surface area contributed by atoms with Crippen molar-refractivity contribution >= 4 is 31.9 Å². The lowest BCUT2D eigenvalue weighted by atomic mass is 10.2. The third kappa shape index (κ3) is 3.29. The van der Waals surface area contributed by atoms with Crippen molar-refractivity contribution in [2.45, 2.75) is 6.54 Å². The highest BCUT2D eigenvalue weighted by molar-refractivity contribution is 9.10. The maximum Gasteiger partial charge on any atom is 0.223 e. The van der Waals surface area contributed by atoms with Crippen LogP contribution >= 0.6 is 31.9 Å². The summed E-state index contributed by atoms with van der Waals surface area (Å²) in [7, 11) is 0. The molecule has 1 aromatic carbocycles. The Morgan fingerprint density at radius 1 is 1.16 bits per heavy atom. The number of halogens is 4. The van der Waals surface area contributed by atoms with Crippen molar-refractivity contribution in [2.75, 3.05) is 0 Å². The molecular weight excluding hydrogens is 386 g/mol. The number of nitrogens with two attached hydrogens (primary N) is 1. The van der Waals surface area contributed by atoms with Crippen molar-refractivity contribution in [3.8, 4) is 11.6 Å². The highest BCUT2D eigenvalue weighted by atomic mass is 79.9. The molecule has 19 heavy (non-hydrogen) atoms. The zero-order valence-corrected chi connectivity index (χ0v) is 12.6. The average molecular weight is 394 g/mol. The van der Waals surface area contributed by atoms with Crippen molar-refractivity contribution in [3.63, 3.8) is 0 Å². The summed E-state index contributed by atoms with van der Waals surface area (Å²) in [6, 6.07) is 4.04. The molecule has 1 heterocycles. The summed E-state index contributed by atoms with van der Waals surface area (Å²) in [6.45, 7) is 0.167. The van der Waals surface area contributed by atoms with E-state index in [-0.39, 0.29) is 18.2 Å². The van der Waals surface area contributed by atoms with Crippen LogP contribution in [0.1, 0.15) is 5.56 Å². The van der Waals surface area contributed by atoms with Crippen LogP contribution in [0.3, 0.4) is 0 Å². The number of ether oxygens (including phenoxy) is 1. The average Bonchev–Trinajstić information content (AvgIpc) is 2.37. The van der Waals surface area contributed by atoms with Crippen LogP contribution in [0.5, 0.6) is 11.6 Å². The third-order valence-electron chi connectivity index (χ3n) is 2.28. The van der Waals surface area contributed by atoms with Crippen LogP contribution in [-0.4, -0.2) is 4.98 Å². The molecule has 0 aliphatic rings. The van der Waals surface area contributed by atoms with Gasteiger partial charge in [0, 0.05) is 27.3 Å². The molecule has 1 aromatic heterocycles. The SMILES string of the molecule is NCc1cc(Br)cnc1Oc1cc(Br)cc(F)c1F. The molecule has 0 bridgehead atoms. The highest BCUT2D eigenvalue weighted by Gasteiger charge is 2.14. The van der Waals surface area contributed by atoms with Crippen molar-refractivity contribution in [1.82, 2.24) is 4.98 Å². The number of pyridine rings is 1. The molecule has 7 heteroatoms. The summed E-state index contributed by atoms with van der Waals surface area (Å²) in [5, 5.41) is 0. The van der Waals surface area contributed by atoms with Gasteiger partial charge < -0.3 is 10.5 Å². The lowest BCUT2D eigenvalue weighted by molar-refractivity contribution is 0.401. The second-order valence-electron chi connectivity index (χ2n) is 3.62. The van der Waals surface area contributed by atoms with Crippen LogP contribution < -0.4 is 10.5 Å². The predicted molar refractivity (Wildman–Crippen MR) is 74.0 cm³/mol. The van der Waals surface area contributed by atoms with Crippen LogP contribution in [-0.2, 0) is 6.54 Å². The molecule has 0 aliphatic heterocycles. The fourth-order valence-electron chi connectivity index (χ4n) is 1.42. The van der Waals surface area contributed by atoms with E-state index in [0.717, 1.165) is 10.5 Å². The van der Waals surface area contributed by atoms with Crippen LogP contribution in [0.25, 0.3) is 0 Å². The Hall–Kier alpha value is -1.05. The van der Waals surface area contributed by atoms with Crippen LogP contribution in [0.4, 0.5) is 8.78 Å². The zero-order chi connectivity index (χ0) is 14.0. The summed E-state index contributed by atoms with van der Waals surface area (Å²) < 4.78 is 33.2. The largest absolute Gasteiger partial charge is 0.435 e. The zero-order valence-electron chi connectivity index (χ0n) is 9.46. The molecule has 0 saturated carbocycles. The van der Waals surface area contributed by atoms with E-state index in [0.29, 0.717) is 10.0 Å². The van der Waals surface area contributed by atoms with Crippen molar-refractivity contribution in [2.24, 2.45) is 5.73 Å².